The molecular weight excluding hydrogens is 200 g/mol. The fourth-order valence-electron chi connectivity index (χ4n) is 1.14. The Kier molecular flexibility index (Phi) is 3.75. The highest BCUT2D eigenvalue weighted by molar-refractivity contribution is 6.32. The molecule has 0 heterocycles. The van der Waals surface area contributed by atoms with Gasteiger partial charge >= 0.3 is 0 Å². The number of aryl methyl sites for hydroxylation is 1. The Morgan fingerprint density at radius 3 is 2.79 bits per heavy atom. The van der Waals surface area contributed by atoms with Crippen molar-refractivity contribution < 1.29 is 4.74 Å². The molecule has 74 valence electrons. The zero-order valence-corrected chi connectivity index (χ0v) is 8.64. The van der Waals surface area contributed by atoms with Gasteiger partial charge in [-0.15, -0.1) is 0 Å². The third kappa shape index (κ3) is 2.38. The number of nitriles is 1. The van der Waals surface area contributed by atoms with Crippen LogP contribution in [0.1, 0.15) is 11.1 Å². The van der Waals surface area contributed by atoms with E-state index in [0.717, 1.165) is 5.56 Å². The van der Waals surface area contributed by atoms with Gasteiger partial charge in [0.15, 0.2) is 0 Å². The second-order valence-corrected chi connectivity index (χ2v) is 3.26. The van der Waals surface area contributed by atoms with Gasteiger partial charge in [-0.1, -0.05) is 11.6 Å². The molecule has 3 nitrogen and oxygen atoms in total. The highest BCUT2D eigenvalue weighted by Crippen LogP contribution is 2.29. The van der Waals surface area contributed by atoms with Crippen molar-refractivity contribution >= 4 is 11.6 Å². The lowest BCUT2D eigenvalue weighted by Gasteiger charge is -2.09. The summed E-state index contributed by atoms with van der Waals surface area (Å²) < 4.78 is 5.35. The smallest absolute Gasteiger partial charge is 0.140 e. The first-order chi connectivity index (χ1) is 6.69. The van der Waals surface area contributed by atoms with Crippen LogP contribution >= 0.6 is 11.6 Å². The molecule has 0 bridgehead atoms. The van der Waals surface area contributed by atoms with E-state index in [9.17, 15) is 0 Å². The summed E-state index contributed by atoms with van der Waals surface area (Å²) in [6, 6.07) is 5.34. The predicted molar refractivity (Wildman–Crippen MR) is 55.5 cm³/mol. The molecule has 0 aliphatic carbocycles. The number of rotatable bonds is 3. The molecule has 14 heavy (non-hydrogen) atoms. The van der Waals surface area contributed by atoms with E-state index in [0.29, 0.717) is 29.5 Å². The maximum atomic E-state index is 8.68. The Bertz CT molecular complexity index is 348. The molecule has 0 saturated heterocycles. The van der Waals surface area contributed by atoms with E-state index < -0.39 is 0 Å². The zero-order chi connectivity index (χ0) is 10.6. The van der Waals surface area contributed by atoms with Gasteiger partial charge in [-0.3, -0.25) is 0 Å². The minimum Gasteiger partial charge on any atom is -0.490 e. The molecule has 0 radical (unpaired) electrons. The van der Waals surface area contributed by atoms with Crippen molar-refractivity contribution in [2.75, 3.05) is 13.2 Å². The summed E-state index contributed by atoms with van der Waals surface area (Å²) >= 11 is 5.93. The van der Waals surface area contributed by atoms with Crippen molar-refractivity contribution in [3.63, 3.8) is 0 Å². The van der Waals surface area contributed by atoms with Gasteiger partial charge in [0.25, 0.3) is 0 Å². The summed E-state index contributed by atoms with van der Waals surface area (Å²) in [6.07, 6.45) is 0. The molecule has 0 aliphatic heterocycles. The lowest BCUT2D eigenvalue weighted by molar-refractivity contribution is 0.326. The third-order valence-electron chi connectivity index (χ3n) is 1.72. The van der Waals surface area contributed by atoms with Crippen molar-refractivity contribution in [3.8, 4) is 11.8 Å². The first-order valence-electron chi connectivity index (χ1n) is 4.22. The molecule has 0 saturated carbocycles. The lowest BCUT2D eigenvalue weighted by Crippen LogP contribution is -2.11. The van der Waals surface area contributed by atoms with Crippen molar-refractivity contribution in [1.82, 2.24) is 0 Å². The summed E-state index contributed by atoms with van der Waals surface area (Å²) in [5, 5.41) is 9.14. The SMILES string of the molecule is Cc1cc(C#N)cc(Cl)c1OCCN. The normalized spacial score (nSPS) is 9.57. The molecule has 4 heteroatoms. The average molecular weight is 211 g/mol. The number of hydrogen-bond acceptors (Lipinski definition) is 3. The van der Waals surface area contributed by atoms with Crippen LogP contribution in [0.25, 0.3) is 0 Å². The summed E-state index contributed by atoms with van der Waals surface area (Å²) in [4.78, 5) is 0. The molecule has 0 atom stereocenters. The van der Waals surface area contributed by atoms with E-state index >= 15 is 0 Å². The Hall–Kier alpha value is -1.24. The van der Waals surface area contributed by atoms with E-state index in [2.05, 4.69) is 0 Å². The molecule has 1 rings (SSSR count). The van der Waals surface area contributed by atoms with Gasteiger partial charge in [-0.2, -0.15) is 5.26 Å². The Balaban J connectivity index is 3.01. The molecule has 0 fully saturated rings. The molecule has 0 spiro atoms. The van der Waals surface area contributed by atoms with Crippen molar-refractivity contribution in [2.45, 2.75) is 6.92 Å². The van der Waals surface area contributed by atoms with Crippen LogP contribution in [0.2, 0.25) is 5.02 Å². The van der Waals surface area contributed by atoms with Gasteiger partial charge < -0.3 is 10.5 Å². The highest BCUT2D eigenvalue weighted by atomic mass is 35.5. The first-order valence-corrected chi connectivity index (χ1v) is 4.60. The van der Waals surface area contributed by atoms with E-state index in [-0.39, 0.29) is 0 Å². The van der Waals surface area contributed by atoms with Gasteiger partial charge in [0.2, 0.25) is 0 Å². The largest absolute Gasteiger partial charge is 0.490 e. The van der Waals surface area contributed by atoms with Crippen LogP contribution in [0, 0.1) is 18.3 Å². The summed E-state index contributed by atoms with van der Waals surface area (Å²) in [6.45, 7) is 2.71. The minimum absolute atomic E-state index is 0.423. The molecular formula is C10H11ClN2O. The maximum absolute atomic E-state index is 8.68. The van der Waals surface area contributed by atoms with Gasteiger partial charge in [-0.05, 0) is 24.6 Å². The van der Waals surface area contributed by atoms with E-state index in [1.165, 1.54) is 0 Å². The number of nitrogens with two attached hydrogens (primary N) is 1. The lowest BCUT2D eigenvalue weighted by atomic mass is 10.1. The topological polar surface area (TPSA) is 59.0 Å². The number of ether oxygens (including phenoxy) is 1. The van der Waals surface area contributed by atoms with Gasteiger partial charge in [-0.25, -0.2) is 0 Å². The molecule has 1 aromatic rings. The highest BCUT2D eigenvalue weighted by Gasteiger charge is 2.07. The predicted octanol–water partition coefficient (Wildman–Crippen LogP) is 1.86. The van der Waals surface area contributed by atoms with Crippen LogP contribution in [0.15, 0.2) is 12.1 Å². The fraction of sp³-hybridized carbons (Fsp3) is 0.300. The Morgan fingerprint density at radius 1 is 1.57 bits per heavy atom. The van der Waals surface area contributed by atoms with E-state index in [4.69, 9.17) is 27.3 Å². The molecule has 0 unspecified atom stereocenters. The molecule has 0 aliphatic rings. The number of hydrogen-bond donors (Lipinski definition) is 1. The Morgan fingerprint density at radius 2 is 2.29 bits per heavy atom. The molecule has 2 N–H and O–H groups in total. The van der Waals surface area contributed by atoms with Crippen molar-refractivity contribution in [3.05, 3.63) is 28.3 Å². The third-order valence-corrected chi connectivity index (χ3v) is 2.00. The molecule has 0 amide bonds. The van der Waals surface area contributed by atoms with Crippen molar-refractivity contribution in [2.24, 2.45) is 5.73 Å². The number of nitrogens with zero attached hydrogens (tertiary/aromatic N) is 1. The number of benzene rings is 1. The second-order valence-electron chi connectivity index (χ2n) is 2.85. The van der Waals surface area contributed by atoms with Crippen LogP contribution < -0.4 is 10.5 Å². The zero-order valence-electron chi connectivity index (χ0n) is 7.88. The molecule has 1 aromatic carbocycles. The van der Waals surface area contributed by atoms with Crippen molar-refractivity contribution in [1.29, 1.82) is 5.26 Å². The monoisotopic (exact) mass is 210 g/mol. The van der Waals surface area contributed by atoms with Crippen LogP contribution in [0.4, 0.5) is 0 Å². The summed E-state index contributed by atoms with van der Waals surface area (Å²) in [7, 11) is 0. The summed E-state index contributed by atoms with van der Waals surface area (Å²) in [5.74, 6) is 0.608. The number of halogens is 1. The van der Waals surface area contributed by atoms with Gasteiger partial charge in [0, 0.05) is 6.54 Å². The van der Waals surface area contributed by atoms with E-state index in [1.807, 2.05) is 13.0 Å². The fourth-order valence-corrected chi connectivity index (χ4v) is 1.46. The Labute approximate surface area is 88.0 Å². The standard InChI is InChI=1S/C10H11ClN2O/c1-7-4-8(6-13)5-9(11)10(7)14-3-2-12/h4-5H,2-3,12H2,1H3. The van der Waals surface area contributed by atoms with Crippen LogP contribution in [-0.2, 0) is 0 Å². The van der Waals surface area contributed by atoms with Crippen LogP contribution in [-0.4, -0.2) is 13.2 Å². The van der Waals surface area contributed by atoms with Gasteiger partial charge in [0.1, 0.15) is 12.4 Å². The van der Waals surface area contributed by atoms with Crippen LogP contribution in [0.5, 0.6) is 5.75 Å². The first kappa shape index (κ1) is 10.8. The minimum atomic E-state index is 0.423. The maximum Gasteiger partial charge on any atom is 0.140 e. The van der Waals surface area contributed by atoms with Crippen LogP contribution in [0.3, 0.4) is 0 Å². The quantitative estimate of drug-likeness (QED) is 0.829. The summed E-state index contributed by atoms with van der Waals surface area (Å²) in [5.41, 5.74) is 6.70. The average Bonchev–Trinajstić information content (AvgIpc) is 2.16. The second kappa shape index (κ2) is 4.85. The van der Waals surface area contributed by atoms with Gasteiger partial charge in [0.05, 0.1) is 16.7 Å². The van der Waals surface area contributed by atoms with E-state index in [1.54, 1.807) is 12.1 Å². The molecule has 0 aromatic heterocycles.